The summed E-state index contributed by atoms with van der Waals surface area (Å²) < 4.78 is 24.4. The normalized spacial score (nSPS) is 16.3. The number of nitrogens with one attached hydrogen (secondary N) is 2. The molecule has 0 aliphatic carbocycles. The number of aliphatic imine (C=N–C) groups is 1. The zero-order chi connectivity index (χ0) is 29.5. The van der Waals surface area contributed by atoms with Gasteiger partial charge in [-0.3, -0.25) is 14.5 Å². The van der Waals surface area contributed by atoms with Gasteiger partial charge >= 0.3 is 6.09 Å². The SMILES string of the molecule is C[C@@H](NC(=O)OCc1ccccc1)C(=O)Nc1cccc(C2SC(=Nc3cccc(F)c3)N(Cc3ccco3)C2=O)c1. The zero-order valence-corrected chi connectivity index (χ0v) is 23.3. The average molecular weight is 587 g/mol. The Kier molecular flexibility index (Phi) is 8.98. The fourth-order valence-corrected chi connectivity index (χ4v) is 5.31. The second-order valence-corrected chi connectivity index (χ2v) is 10.5. The number of alkyl carbamates (subject to hydrolysis) is 1. The van der Waals surface area contributed by atoms with Crippen molar-refractivity contribution in [2.45, 2.75) is 31.4 Å². The van der Waals surface area contributed by atoms with Crippen molar-refractivity contribution in [3.05, 3.63) is 120 Å². The molecule has 0 bridgehead atoms. The summed E-state index contributed by atoms with van der Waals surface area (Å²) >= 11 is 1.22. The Bertz CT molecular complexity index is 1600. The Balaban J connectivity index is 1.26. The molecule has 1 aliphatic rings. The molecule has 5 rings (SSSR count). The number of thioether (sulfide) groups is 1. The molecular weight excluding hydrogens is 559 g/mol. The summed E-state index contributed by atoms with van der Waals surface area (Å²) in [6.07, 6.45) is 0.805. The Labute approximate surface area is 245 Å². The molecule has 214 valence electrons. The van der Waals surface area contributed by atoms with E-state index in [1.54, 1.807) is 55.5 Å². The van der Waals surface area contributed by atoms with E-state index in [0.29, 0.717) is 27.9 Å². The number of nitrogens with zero attached hydrogens (tertiary/aromatic N) is 2. The number of rotatable bonds is 9. The minimum atomic E-state index is -0.881. The van der Waals surface area contributed by atoms with Gasteiger partial charge in [0.2, 0.25) is 11.8 Å². The molecule has 2 heterocycles. The van der Waals surface area contributed by atoms with Crippen LogP contribution in [-0.2, 0) is 27.5 Å². The van der Waals surface area contributed by atoms with Crippen LogP contribution in [0.15, 0.2) is 107 Å². The standard InChI is InChI=1S/C31H27FN4O5S/c1-20(33-31(39)41-19-21-8-3-2-4-9-21)28(37)34-24-12-5-10-22(16-24)27-29(38)36(18-26-14-7-15-40-26)30(42-27)35-25-13-6-11-23(32)17-25/h2-17,20,27H,18-19H2,1H3,(H,33,39)(H,34,37)/t20-,27?/m1/s1. The van der Waals surface area contributed by atoms with Gasteiger partial charge in [-0.1, -0.05) is 60.3 Å². The lowest BCUT2D eigenvalue weighted by Gasteiger charge is -2.16. The fraction of sp³-hybridized carbons (Fsp3) is 0.161. The molecule has 1 saturated heterocycles. The maximum absolute atomic E-state index is 13.8. The summed E-state index contributed by atoms with van der Waals surface area (Å²) in [6.45, 7) is 1.78. The van der Waals surface area contributed by atoms with E-state index >= 15 is 0 Å². The van der Waals surface area contributed by atoms with Crippen molar-refractivity contribution in [1.82, 2.24) is 10.2 Å². The summed E-state index contributed by atoms with van der Waals surface area (Å²) in [5.41, 5.74) is 2.29. The number of halogens is 1. The van der Waals surface area contributed by atoms with Crippen LogP contribution in [0.1, 0.15) is 29.1 Å². The highest BCUT2D eigenvalue weighted by molar-refractivity contribution is 8.15. The van der Waals surface area contributed by atoms with Crippen LogP contribution in [0.5, 0.6) is 0 Å². The Morgan fingerprint density at radius 3 is 2.62 bits per heavy atom. The van der Waals surface area contributed by atoms with E-state index in [4.69, 9.17) is 9.15 Å². The number of ether oxygens (including phenoxy) is 1. The lowest BCUT2D eigenvalue weighted by molar-refractivity contribution is -0.126. The molecular formula is C31H27FN4O5S. The first-order valence-electron chi connectivity index (χ1n) is 13.1. The smallest absolute Gasteiger partial charge is 0.408 e. The van der Waals surface area contributed by atoms with Crippen molar-refractivity contribution in [2.24, 2.45) is 4.99 Å². The first-order valence-corrected chi connectivity index (χ1v) is 14.0. The molecule has 1 aliphatic heterocycles. The van der Waals surface area contributed by atoms with Crippen molar-refractivity contribution in [2.75, 3.05) is 5.32 Å². The van der Waals surface area contributed by atoms with Gasteiger partial charge in [0.15, 0.2) is 5.17 Å². The van der Waals surface area contributed by atoms with Crippen LogP contribution in [0, 0.1) is 5.82 Å². The van der Waals surface area contributed by atoms with Gasteiger partial charge < -0.3 is 19.8 Å². The first-order chi connectivity index (χ1) is 20.4. The molecule has 0 spiro atoms. The highest BCUT2D eigenvalue weighted by Gasteiger charge is 2.39. The third kappa shape index (κ3) is 7.24. The molecule has 3 amide bonds. The lowest BCUT2D eigenvalue weighted by Crippen LogP contribution is -2.41. The minimum Gasteiger partial charge on any atom is -0.467 e. The van der Waals surface area contributed by atoms with Crippen LogP contribution in [0.3, 0.4) is 0 Å². The second-order valence-electron chi connectivity index (χ2n) is 9.42. The second kappa shape index (κ2) is 13.2. The molecule has 1 unspecified atom stereocenters. The fourth-order valence-electron chi connectivity index (χ4n) is 4.15. The lowest BCUT2D eigenvalue weighted by atomic mass is 10.1. The molecule has 3 aromatic carbocycles. The molecule has 4 aromatic rings. The van der Waals surface area contributed by atoms with Gasteiger partial charge in [0.05, 0.1) is 18.5 Å². The van der Waals surface area contributed by atoms with Crippen molar-refractivity contribution in [3.8, 4) is 0 Å². The van der Waals surface area contributed by atoms with Gasteiger partial charge in [0, 0.05) is 5.69 Å². The van der Waals surface area contributed by atoms with E-state index in [0.717, 1.165) is 5.56 Å². The Morgan fingerprint density at radius 2 is 1.86 bits per heavy atom. The maximum Gasteiger partial charge on any atom is 0.408 e. The van der Waals surface area contributed by atoms with Crippen LogP contribution in [0.2, 0.25) is 0 Å². The molecule has 2 N–H and O–H groups in total. The number of furan rings is 1. The molecule has 9 nitrogen and oxygen atoms in total. The summed E-state index contributed by atoms with van der Waals surface area (Å²) in [7, 11) is 0. The predicted octanol–water partition coefficient (Wildman–Crippen LogP) is 6.18. The number of hydrogen-bond donors (Lipinski definition) is 2. The summed E-state index contributed by atoms with van der Waals surface area (Å²) in [5, 5.41) is 5.03. The molecule has 11 heteroatoms. The largest absolute Gasteiger partial charge is 0.467 e. The van der Waals surface area contributed by atoms with E-state index in [1.165, 1.54) is 35.1 Å². The number of amides is 3. The van der Waals surface area contributed by atoms with Crippen LogP contribution in [0.4, 0.5) is 20.6 Å². The number of carbonyl (C=O) groups is 3. The minimum absolute atomic E-state index is 0.0809. The van der Waals surface area contributed by atoms with Crippen molar-refractivity contribution < 1.29 is 27.9 Å². The summed E-state index contributed by atoms with van der Waals surface area (Å²) in [4.78, 5) is 44.6. The van der Waals surface area contributed by atoms with Crippen LogP contribution >= 0.6 is 11.8 Å². The molecule has 42 heavy (non-hydrogen) atoms. The van der Waals surface area contributed by atoms with Gasteiger partial charge in [-0.15, -0.1) is 0 Å². The van der Waals surface area contributed by atoms with Crippen molar-refractivity contribution in [1.29, 1.82) is 0 Å². The van der Waals surface area contributed by atoms with Crippen LogP contribution in [-0.4, -0.2) is 34.0 Å². The van der Waals surface area contributed by atoms with Gasteiger partial charge in [-0.2, -0.15) is 0 Å². The number of amidine groups is 1. The Morgan fingerprint density at radius 1 is 1.05 bits per heavy atom. The number of hydrogen-bond acceptors (Lipinski definition) is 7. The Hall–Kier alpha value is -4.90. The third-order valence-corrected chi connectivity index (χ3v) is 7.50. The monoisotopic (exact) mass is 586 g/mol. The first kappa shape index (κ1) is 28.6. The number of carbonyl (C=O) groups excluding carboxylic acids is 3. The third-order valence-electron chi connectivity index (χ3n) is 6.27. The van der Waals surface area contributed by atoms with Crippen LogP contribution < -0.4 is 10.6 Å². The van der Waals surface area contributed by atoms with E-state index in [9.17, 15) is 18.8 Å². The van der Waals surface area contributed by atoms with Gasteiger partial charge in [-0.05, 0) is 60.5 Å². The topological polar surface area (TPSA) is 113 Å². The molecule has 1 fully saturated rings. The van der Waals surface area contributed by atoms with Crippen molar-refractivity contribution >= 4 is 46.2 Å². The van der Waals surface area contributed by atoms with E-state index in [-0.39, 0.29) is 19.1 Å². The highest BCUT2D eigenvalue weighted by atomic mass is 32.2. The molecule has 0 saturated carbocycles. The zero-order valence-electron chi connectivity index (χ0n) is 22.5. The van der Waals surface area contributed by atoms with Gasteiger partial charge in [0.25, 0.3) is 0 Å². The summed E-state index contributed by atoms with van der Waals surface area (Å²) in [5.74, 6) is -0.550. The number of anilines is 1. The van der Waals surface area contributed by atoms with Crippen molar-refractivity contribution in [3.63, 3.8) is 0 Å². The van der Waals surface area contributed by atoms with Gasteiger partial charge in [-0.25, -0.2) is 14.2 Å². The average Bonchev–Trinajstić information content (AvgIpc) is 3.61. The predicted molar refractivity (Wildman–Crippen MR) is 157 cm³/mol. The van der Waals surface area contributed by atoms with Gasteiger partial charge in [0.1, 0.15) is 29.5 Å². The summed E-state index contributed by atoms with van der Waals surface area (Å²) in [6, 6.07) is 24.5. The van der Waals surface area contributed by atoms with E-state index < -0.39 is 29.1 Å². The molecule has 0 radical (unpaired) electrons. The van der Waals surface area contributed by atoms with Crippen LogP contribution in [0.25, 0.3) is 0 Å². The number of benzene rings is 3. The van der Waals surface area contributed by atoms with E-state index in [1.807, 2.05) is 30.3 Å². The maximum atomic E-state index is 13.8. The molecule has 2 atom stereocenters. The van der Waals surface area contributed by atoms with E-state index in [2.05, 4.69) is 15.6 Å². The highest BCUT2D eigenvalue weighted by Crippen LogP contribution is 2.41. The molecule has 1 aromatic heterocycles. The quantitative estimate of drug-likeness (QED) is 0.242.